The molecule has 1 heterocycles. The van der Waals surface area contributed by atoms with Gasteiger partial charge in [0.25, 0.3) is 5.91 Å². The van der Waals surface area contributed by atoms with Gasteiger partial charge >= 0.3 is 18.2 Å². The summed E-state index contributed by atoms with van der Waals surface area (Å²) in [5, 5.41) is 7.65. The number of amides is 3. The molecule has 2 atom stereocenters. The Labute approximate surface area is 283 Å². The first-order valence-corrected chi connectivity index (χ1v) is 15.0. The number of ether oxygens (including phenoxy) is 3. The summed E-state index contributed by atoms with van der Waals surface area (Å²) >= 11 is 0. The second-order valence-electron chi connectivity index (χ2n) is 12.2. The van der Waals surface area contributed by atoms with Gasteiger partial charge in [0.1, 0.15) is 17.2 Å². The van der Waals surface area contributed by atoms with Gasteiger partial charge in [-0.05, 0) is 64.8 Å². The van der Waals surface area contributed by atoms with Crippen molar-refractivity contribution in [3.05, 3.63) is 83.8 Å². The Morgan fingerprint density at radius 1 is 0.939 bits per heavy atom. The first-order chi connectivity index (χ1) is 22.4. The maximum absolute atomic E-state index is 13.5. The molecule has 0 fully saturated rings. The first kappa shape index (κ1) is 40.3. The Balaban J connectivity index is 0.00000833. The highest BCUT2D eigenvalue weighted by atomic mass is 19.4. The van der Waals surface area contributed by atoms with Crippen molar-refractivity contribution in [2.24, 2.45) is 0 Å². The van der Waals surface area contributed by atoms with Gasteiger partial charge in [-0.1, -0.05) is 49.9 Å². The predicted molar refractivity (Wildman–Crippen MR) is 175 cm³/mol. The van der Waals surface area contributed by atoms with E-state index in [1.807, 2.05) is 30.3 Å². The van der Waals surface area contributed by atoms with E-state index in [2.05, 4.69) is 20.9 Å². The smallest absolute Gasteiger partial charge is 0.416 e. The molecule has 0 aliphatic heterocycles. The number of imidazole rings is 1. The molecule has 3 rings (SSSR count). The number of rotatable bonds is 13. The predicted octanol–water partition coefficient (Wildman–Crippen LogP) is 5.63. The zero-order valence-electron chi connectivity index (χ0n) is 27.5. The topological polar surface area (TPSA) is 150 Å². The van der Waals surface area contributed by atoms with Crippen molar-refractivity contribution in [1.82, 2.24) is 20.2 Å². The first-order valence-electron chi connectivity index (χ1n) is 15.0. The molecule has 0 radical (unpaired) electrons. The van der Waals surface area contributed by atoms with Gasteiger partial charge in [-0.25, -0.2) is 14.6 Å². The van der Waals surface area contributed by atoms with Gasteiger partial charge in [-0.3, -0.25) is 9.59 Å². The molecule has 0 bridgehead atoms. The van der Waals surface area contributed by atoms with Gasteiger partial charge in [0.2, 0.25) is 5.91 Å². The van der Waals surface area contributed by atoms with Crippen LogP contribution >= 0.6 is 0 Å². The second-order valence-corrected chi connectivity index (χ2v) is 12.2. The van der Waals surface area contributed by atoms with Gasteiger partial charge in [0, 0.05) is 6.20 Å². The summed E-state index contributed by atoms with van der Waals surface area (Å²) in [6, 6.07) is 10.7. The minimum atomic E-state index is -4.57. The minimum absolute atomic E-state index is 0. The lowest BCUT2D eigenvalue weighted by atomic mass is 10.0. The lowest BCUT2D eigenvalue weighted by Crippen LogP contribution is -2.59. The molecule has 3 N–H and O–H groups in total. The molecule has 0 saturated carbocycles. The Morgan fingerprint density at radius 3 is 2.14 bits per heavy atom. The van der Waals surface area contributed by atoms with Crippen LogP contribution in [-0.2, 0) is 41.4 Å². The third-order valence-electron chi connectivity index (χ3n) is 6.61. The van der Waals surface area contributed by atoms with Crippen LogP contribution in [0.3, 0.4) is 0 Å². The fraction of sp³-hybridized carbons (Fsp3) is 0.441. The van der Waals surface area contributed by atoms with E-state index in [0.29, 0.717) is 0 Å². The van der Waals surface area contributed by atoms with Crippen LogP contribution in [0.25, 0.3) is 0 Å². The number of carbonyl (C=O) groups is 4. The number of anilines is 1. The fourth-order valence-corrected chi connectivity index (χ4v) is 4.27. The van der Waals surface area contributed by atoms with E-state index < -0.39 is 58.8 Å². The molecule has 1 aromatic heterocycles. The van der Waals surface area contributed by atoms with Crippen LogP contribution in [0.5, 0.6) is 0 Å². The normalized spacial score (nSPS) is 12.9. The van der Waals surface area contributed by atoms with Gasteiger partial charge in [-0.15, -0.1) is 0 Å². The number of esters is 1. The summed E-state index contributed by atoms with van der Waals surface area (Å²) in [4.78, 5) is 56.1. The molecular formula is C34H44F3N5O7. The summed E-state index contributed by atoms with van der Waals surface area (Å²) < 4.78 is 56.8. The molecule has 268 valence electrons. The molecule has 12 nitrogen and oxygen atoms in total. The van der Waals surface area contributed by atoms with Gasteiger partial charge < -0.3 is 34.7 Å². The standard InChI is InChI=1S/C33H40F3N5O7.CH4/c1-7-47-28(43)26(22-13-15-23(16-14-22)33(34,35)36)41-17-25(37-20-41)39-27(42)24(19-46-18-21-11-9-8-10-12-21)38-29(44)32(5,6)40-30(45)48-31(2,3)4;/h8-17,20,24,26H,7,18-19H2,1-6H3,(H,38,44)(H,39,42)(H,40,45);1H4. The molecule has 49 heavy (non-hydrogen) atoms. The summed E-state index contributed by atoms with van der Waals surface area (Å²) in [5.41, 5.74) is -2.19. The number of benzene rings is 2. The van der Waals surface area contributed by atoms with Crippen LogP contribution in [-0.4, -0.2) is 63.8 Å². The van der Waals surface area contributed by atoms with Crippen LogP contribution in [0.1, 0.15) is 71.7 Å². The molecule has 15 heteroatoms. The van der Waals surface area contributed by atoms with Crippen molar-refractivity contribution in [3.8, 4) is 0 Å². The van der Waals surface area contributed by atoms with E-state index >= 15 is 0 Å². The lowest BCUT2D eigenvalue weighted by Gasteiger charge is -2.29. The Hall–Kier alpha value is -4.92. The van der Waals surface area contributed by atoms with Crippen LogP contribution in [0.4, 0.5) is 23.8 Å². The number of carbonyl (C=O) groups excluding carboxylic acids is 4. The highest BCUT2D eigenvalue weighted by Crippen LogP contribution is 2.31. The number of hydrogen-bond donors (Lipinski definition) is 3. The largest absolute Gasteiger partial charge is 0.464 e. The lowest BCUT2D eigenvalue weighted by molar-refractivity contribution is -0.145. The zero-order chi connectivity index (χ0) is 35.7. The number of alkyl carbamates (subject to hydrolysis) is 1. The SMILES string of the molecule is C.CCOC(=O)C(c1ccc(C(F)(F)F)cc1)n1cnc(NC(=O)C(COCc2ccccc2)NC(=O)C(C)(C)NC(=O)OC(C)(C)C)c1. The van der Waals surface area contributed by atoms with Gasteiger partial charge in [0.15, 0.2) is 11.9 Å². The summed E-state index contributed by atoms with van der Waals surface area (Å²) in [6.45, 7) is 9.33. The highest BCUT2D eigenvalue weighted by Gasteiger charge is 2.35. The van der Waals surface area contributed by atoms with Crippen LogP contribution in [0.2, 0.25) is 0 Å². The number of nitrogens with one attached hydrogen (secondary N) is 3. The van der Waals surface area contributed by atoms with E-state index in [1.165, 1.54) is 30.9 Å². The second kappa shape index (κ2) is 17.0. The fourth-order valence-electron chi connectivity index (χ4n) is 4.27. The number of aromatic nitrogens is 2. The zero-order valence-corrected chi connectivity index (χ0v) is 27.5. The van der Waals surface area contributed by atoms with E-state index in [4.69, 9.17) is 14.2 Å². The highest BCUT2D eigenvalue weighted by molar-refractivity contribution is 5.98. The average Bonchev–Trinajstić information content (AvgIpc) is 3.43. The number of halogens is 3. The van der Waals surface area contributed by atoms with E-state index in [0.717, 1.165) is 29.8 Å². The summed E-state index contributed by atoms with van der Waals surface area (Å²) in [5.74, 6) is -2.25. The summed E-state index contributed by atoms with van der Waals surface area (Å²) in [7, 11) is 0. The van der Waals surface area contributed by atoms with E-state index in [9.17, 15) is 32.3 Å². The maximum atomic E-state index is 13.5. The van der Waals surface area contributed by atoms with Crippen molar-refractivity contribution in [3.63, 3.8) is 0 Å². The van der Waals surface area contributed by atoms with Crippen LogP contribution in [0.15, 0.2) is 67.1 Å². The molecule has 2 aromatic carbocycles. The van der Waals surface area contributed by atoms with Crippen molar-refractivity contribution in [2.75, 3.05) is 18.5 Å². The van der Waals surface area contributed by atoms with Gasteiger partial charge in [-0.2, -0.15) is 13.2 Å². The van der Waals surface area contributed by atoms with Gasteiger partial charge in [0.05, 0.1) is 31.7 Å². The molecule has 0 aliphatic rings. The van der Waals surface area contributed by atoms with Crippen LogP contribution in [0, 0.1) is 0 Å². The van der Waals surface area contributed by atoms with Crippen molar-refractivity contribution in [2.45, 2.75) is 85.0 Å². The molecule has 3 aromatic rings. The van der Waals surface area contributed by atoms with E-state index in [1.54, 1.807) is 27.7 Å². The molecular weight excluding hydrogens is 647 g/mol. The van der Waals surface area contributed by atoms with Crippen molar-refractivity contribution >= 4 is 29.7 Å². The third-order valence-corrected chi connectivity index (χ3v) is 6.61. The quantitative estimate of drug-likeness (QED) is 0.195. The molecule has 2 unspecified atom stereocenters. The van der Waals surface area contributed by atoms with Crippen LogP contribution < -0.4 is 16.0 Å². The maximum Gasteiger partial charge on any atom is 0.416 e. The Kier molecular flexibility index (Phi) is 13.9. The molecule has 0 aliphatic carbocycles. The Bertz CT molecular complexity index is 1550. The molecule has 0 saturated heterocycles. The molecule has 0 spiro atoms. The average molecular weight is 692 g/mol. The number of hydrogen-bond acceptors (Lipinski definition) is 8. The summed E-state index contributed by atoms with van der Waals surface area (Å²) in [6.07, 6.45) is -2.89. The molecule has 3 amide bonds. The number of nitrogens with zero attached hydrogens (tertiary/aromatic N) is 2. The number of alkyl halides is 3. The third kappa shape index (κ3) is 12.2. The van der Waals surface area contributed by atoms with Crippen molar-refractivity contribution < 1.29 is 46.6 Å². The minimum Gasteiger partial charge on any atom is -0.464 e. The van der Waals surface area contributed by atoms with Crippen molar-refractivity contribution in [1.29, 1.82) is 0 Å². The van der Waals surface area contributed by atoms with E-state index in [-0.39, 0.29) is 38.6 Å². The monoisotopic (exact) mass is 691 g/mol. The Morgan fingerprint density at radius 2 is 1.57 bits per heavy atom.